The van der Waals surface area contributed by atoms with Crippen LogP contribution >= 0.6 is 0 Å². The summed E-state index contributed by atoms with van der Waals surface area (Å²) in [7, 11) is 1.77. The Balaban J connectivity index is 0.000000345. The average Bonchev–Trinajstić information content (AvgIpc) is 3.07. The number of nitriles is 1. The number of aliphatic carboxylic acids is 1. The Morgan fingerprint density at radius 2 is 2.07 bits per heavy atom. The molecule has 1 atom stereocenters. The first-order valence-corrected chi connectivity index (χ1v) is 8.86. The van der Waals surface area contributed by atoms with Gasteiger partial charge in [-0.15, -0.1) is 0 Å². The zero-order valence-corrected chi connectivity index (χ0v) is 15.5. The highest BCUT2D eigenvalue weighted by molar-refractivity contribution is 5.73. The summed E-state index contributed by atoms with van der Waals surface area (Å²) < 4.78 is 43.2. The zero-order valence-electron chi connectivity index (χ0n) is 15.5. The summed E-state index contributed by atoms with van der Waals surface area (Å²) in [6.45, 7) is 3.75. The van der Waals surface area contributed by atoms with Gasteiger partial charge in [0.1, 0.15) is 0 Å². The lowest BCUT2D eigenvalue weighted by atomic mass is 9.88. The van der Waals surface area contributed by atoms with Crippen LogP contribution in [0.2, 0.25) is 0 Å². The third-order valence-electron chi connectivity index (χ3n) is 4.98. The van der Waals surface area contributed by atoms with Gasteiger partial charge in [0.2, 0.25) is 0 Å². The van der Waals surface area contributed by atoms with Gasteiger partial charge in [0.05, 0.1) is 29.9 Å². The highest BCUT2D eigenvalue weighted by Crippen LogP contribution is 2.37. The van der Waals surface area contributed by atoms with Gasteiger partial charge in [0.25, 0.3) is 0 Å². The second kappa shape index (κ2) is 9.37. The van der Waals surface area contributed by atoms with Crippen molar-refractivity contribution < 1.29 is 32.5 Å². The van der Waals surface area contributed by atoms with Crippen LogP contribution in [0.25, 0.3) is 0 Å². The molecule has 2 aliphatic rings. The molecule has 1 aromatic carbocycles. The number of likely N-dealkylation sites (tertiary alicyclic amines) is 1. The Bertz CT molecular complexity index is 710. The number of ether oxygens (including phenoxy) is 2. The van der Waals surface area contributed by atoms with Crippen LogP contribution in [0, 0.1) is 11.3 Å². The zero-order chi connectivity index (χ0) is 20.8. The molecule has 6 nitrogen and oxygen atoms in total. The van der Waals surface area contributed by atoms with Gasteiger partial charge in [-0.05, 0) is 30.5 Å². The summed E-state index contributed by atoms with van der Waals surface area (Å²) in [5.41, 5.74) is 2.00. The lowest BCUT2D eigenvalue weighted by Gasteiger charge is -2.38. The van der Waals surface area contributed by atoms with Gasteiger partial charge >= 0.3 is 12.1 Å². The Kier molecular flexibility index (Phi) is 7.41. The second-order valence-corrected chi connectivity index (χ2v) is 6.95. The van der Waals surface area contributed by atoms with Gasteiger partial charge < -0.3 is 14.6 Å². The van der Waals surface area contributed by atoms with Crippen molar-refractivity contribution in [3.8, 4) is 6.07 Å². The maximum absolute atomic E-state index is 10.6. The number of carboxylic acid groups (broad SMARTS) is 1. The van der Waals surface area contributed by atoms with E-state index in [2.05, 4.69) is 17.0 Å². The molecule has 2 saturated heterocycles. The van der Waals surface area contributed by atoms with E-state index in [9.17, 15) is 13.2 Å². The lowest BCUT2D eigenvalue weighted by molar-refractivity contribution is -0.192. The number of nitrogens with zero attached hydrogens (tertiary/aromatic N) is 2. The monoisotopic (exact) mass is 400 g/mol. The first-order chi connectivity index (χ1) is 13.2. The van der Waals surface area contributed by atoms with Crippen LogP contribution in [0.1, 0.15) is 30.4 Å². The molecule has 28 heavy (non-hydrogen) atoms. The summed E-state index contributed by atoms with van der Waals surface area (Å²) in [4.78, 5) is 11.3. The van der Waals surface area contributed by atoms with E-state index < -0.39 is 12.1 Å². The fourth-order valence-corrected chi connectivity index (χ4v) is 3.42. The molecule has 2 fully saturated rings. The molecule has 0 radical (unpaired) electrons. The van der Waals surface area contributed by atoms with Gasteiger partial charge in [-0.2, -0.15) is 18.4 Å². The number of carbonyl (C=O) groups is 1. The van der Waals surface area contributed by atoms with E-state index in [4.69, 9.17) is 24.6 Å². The maximum atomic E-state index is 10.6. The molecule has 1 aromatic rings. The summed E-state index contributed by atoms with van der Waals surface area (Å²) in [6, 6.07) is 10.1. The molecule has 1 N–H and O–H groups in total. The summed E-state index contributed by atoms with van der Waals surface area (Å²) in [5.74, 6) is -2.76. The van der Waals surface area contributed by atoms with Crippen LogP contribution < -0.4 is 0 Å². The van der Waals surface area contributed by atoms with Crippen molar-refractivity contribution in [2.75, 3.05) is 26.8 Å². The summed E-state index contributed by atoms with van der Waals surface area (Å²) in [6.07, 6.45) is -1.64. The number of carboxylic acids is 1. The van der Waals surface area contributed by atoms with E-state index >= 15 is 0 Å². The van der Waals surface area contributed by atoms with Gasteiger partial charge in [-0.1, -0.05) is 12.1 Å². The van der Waals surface area contributed by atoms with E-state index in [-0.39, 0.29) is 11.7 Å². The number of benzene rings is 1. The Morgan fingerprint density at radius 3 is 2.57 bits per heavy atom. The lowest BCUT2D eigenvalue weighted by Crippen LogP contribution is -2.43. The summed E-state index contributed by atoms with van der Waals surface area (Å²) >= 11 is 0. The standard InChI is InChI=1S/C17H22N2O2.C2HF3O2/c1-20-16-10-17(21-13-16)5-7-19(8-6-17)12-15-4-2-3-14(9-15)11-18;3-2(4,5)1(6)7/h2-4,9,16H,5-8,10,12-13H2,1H3;(H,6,7). The number of halogens is 3. The predicted molar refractivity (Wildman–Crippen MR) is 93.5 cm³/mol. The molecular weight excluding hydrogens is 377 g/mol. The van der Waals surface area contributed by atoms with Crippen molar-refractivity contribution in [1.82, 2.24) is 4.90 Å². The first-order valence-electron chi connectivity index (χ1n) is 8.86. The average molecular weight is 400 g/mol. The number of piperidine rings is 1. The van der Waals surface area contributed by atoms with Crippen molar-refractivity contribution >= 4 is 5.97 Å². The van der Waals surface area contributed by atoms with Crippen LogP contribution in [0.5, 0.6) is 0 Å². The molecule has 1 unspecified atom stereocenters. The quantitative estimate of drug-likeness (QED) is 0.840. The Hall–Kier alpha value is -2.15. The number of hydrogen-bond donors (Lipinski definition) is 1. The smallest absolute Gasteiger partial charge is 0.475 e. The third-order valence-corrected chi connectivity index (χ3v) is 4.98. The van der Waals surface area contributed by atoms with E-state index in [1.807, 2.05) is 18.2 Å². The molecule has 2 heterocycles. The topological polar surface area (TPSA) is 82.8 Å². The van der Waals surface area contributed by atoms with Crippen molar-refractivity contribution in [1.29, 1.82) is 5.26 Å². The number of methoxy groups -OCH3 is 1. The van der Waals surface area contributed by atoms with Crippen molar-refractivity contribution in [2.45, 2.75) is 43.7 Å². The number of alkyl halides is 3. The Labute approximate surface area is 161 Å². The van der Waals surface area contributed by atoms with Crippen LogP contribution in [-0.2, 0) is 20.8 Å². The van der Waals surface area contributed by atoms with Crippen LogP contribution in [0.4, 0.5) is 13.2 Å². The molecular formula is C19H23F3N2O4. The van der Waals surface area contributed by atoms with Gasteiger partial charge in [-0.3, -0.25) is 4.90 Å². The number of hydrogen-bond acceptors (Lipinski definition) is 5. The van der Waals surface area contributed by atoms with E-state index in [1.54, 1.807) is 7.11 Å². The van der Waals surface area contributed by atoms with E-state index in [0.29, 0.717) is 0 Å². The SMILES string of the molecule is COC1COC2(CCN(Cc3cccc(C#N)c3)CC2)C1.O=C(O)C(F)(F)F. The number of rotatable bonds is 3. The van der Waals surface area contributed by atoms with Crippen molar-refractivity contribution in [3.05, 3.63) is 35.4 Å². The van der Waals surface area contributed by atoms with Crippen LogP contribution in [0.3, 0.4) is 0 Å². The Morgan fingerprint density at radius 1 is 1.43 bits per heavy atom. The molecule has 9 heteroatoms. The fraction of sp³-hybridized carbons (Fsp3) is 0.579. The van der Waals surface area contributed by atoms with Crippen LogP contribution in [0.15, 0.2) is 24.3 Å². The fourth-order valence-electron chi connectivity index (χ4n) is 3.42. The third kappa shape index (κ3) is 6.19. The second-order valence-electron chi connectivity index (χ2n) is 6.95. The molecule has 3 rings (SSSR count). The normalized spacial score (nSPS) is 21.6. The highest BCUT2D eigenvalue weighted by atomic mass is 19.4. The van der Waals surface area contributed by atoms with Crippen LogP contribution in [-0.4, -0.2) is 60.7 Å². The van der Waals surface area contributed by atoms with Gasteiger partial charge in [0.15, 0.2) is 0 Å². The highest BCUT2D eigenvalue weighted by Gasteiger charge is 2.42. The first kappa shape index (κ1) is 22.1. The minimum atomic E-state index is -5.08. The summed E-state index contributed by atoms with van der Waals surface area (Å²) in [5, 5.41) is 16.1. The molecule has 0 bridgehead atoms. The predicted octanol–water partition coefficient (Wildman–Crippen LogP) is 2.96. The van der Waals surface area contributed by atoms with Crippen molar-refractivity contribution in [2.24, 2.45) is 0 Å². The minimum absolute atomic E-state index is 0.0473. The van der Waals surface area contributed by atoms with Gasteiger partial charge in [0, 0.05) is 33.2 Å². The molecule has 0 aliphatic carbocycles. The molecule has 2 aliphatic heterocycles. The molecule has 1 spiro atoms. The molecule has 0 saturated carbocycles. The largest absolute Gasteiger partial charge is 0.490 e. The maximum Gasteiger partial charge on any atom is 0.490 e. The molecule has 0 aromatic heterocycles. The van der Waals surface area contributed by atoms with Gasteiger partial charge in [-0.25, -0.2) is 4.79 Å². The minimum Gasteiger partial charge on any atom is -0.475 e. The van der Waals surface area contributed by atoms with E-state index in [0.717, 1.165) is 51.1 Å². The molecule has 0 amide bonds. The van der Waals surface area contributed by atoms with E-state index in [1.165, 1.54) is 5.56 Å². The molecule has 154 valence electrons. The van der Waals surface area contributed by atoms with Crippen molar-refractivity contribution in [3.63, 3.8) is 0 Å².